The van der Waals surface area contributed by atoms with Crippen LogP contribution in [0.4, 0.5) is 0 Å². The molecule has 13 heavy (non-hydrogen) atoms. The van der Waals surface area contributed by atoms with Crippen molar-refractivity contribution in [2.45, 2.75) is 39.5 Å². The predicted molar refractivity (Wildman–Crippen MR) is 80.8 cm³/mol. The van der Waals surface area contributed by atoms with Crippen LogP contribution in [-0.2, 0) is 10.1 Å². The first kappa shape index (κ1) is 14.8. The van der Waals surface area contributed by atoms with Crippen molar-refractivity contribution in [3.8, 4) is 0 Å². The molecule has 5 heteroatoms. The number of unbranched alkanes of at least 4 members (excludes halogenated alkanes) is 2. The zero-order valence-electron chi connectivity index (χ0n) is 8.44. The van der Waals surface area contributed by atoms with Gasteiger partial charge in [-0.2, -0.15) is 10.1 Å². The quantitative estimate of drug-likeness (QED) is 0.455. The second kappa shape index (κ2) is 8.04. The zero-order valence-corrected chi connectivity index (χ0v) is 12.8. The maximum Gasteiger partial charge on any atom is 0.0620 e. The lowest BCUT2D eigenvalue weighted by Crippen LogP contribution is -2.01. The molecule has 0 atom stereocenters. The van der Waals surface area contributed by atoms with Gasteiger partial charge in [0.2, 0.25) is 0 Å². The molecule has 0 aliphatic heterocycles. The van der Waals surface area contributed by atoms with Gasteiger partial charge in [-0.25, -0.2) is 0 Å². The summed E-state index contributed by atoms with van der Waals surface area (Å²) in [5, 5.41) is 0. The van der Waals surface area contributed by atoms with E-state index in [1.807, 2.05) is 0 Å². The van der Waals surface area contributed by atoms with Crippen molar-refractivity contribution in [2.75, 3.05) is 11.5 Å². The number of rotatable bonds is 6. The van der Waals surface area contributed by atoms with Crippen molar-refractivity contribution in [3.63, 3.8) is 0 Å². The molecular formula is C8H21PS4. The largest absolute Gasteiger partial charge is 0.163 e. The predicted octanol–water partition coefficient (Wildman–Crippen LogP) is 4.67. The average molecular weight is 276 g/mol. The highest BCUT2D eigenvalue weighted by Crippen LogP contribution is 2.65. The second-order valence-electron chi connectivity index (χ2n) is 3.09. The van der Waals surface area contributed by atoms with Crippen LogP contribution in [0.15, 0.2) is 0 Å². The van der Waals surface area contributed by atoms with E-state index < -0.39 is 3.64 Å². The first-order valence-electron chi connectivity index (χ1n) is 4.77. The van der Waals surface area contributed by atoms with Crippen LogP contribution in [-0.4, -0.2) is 11.5 Å². The van der Waals surface area contributed by atoms with Gasteiger partial charge in [0, 0.05) is 0 Å². The van der Waals surface area contributed by atoms with Crippen LogP contribution < -0.4 is 0 Å². The number of hydrogen-bond donors (Lipinski definition) is 3. The normalized spacial score (nSPS) is 12.5. The Bertz CT molecular complexity index is 166. The lowest BCUT2D eigenvalue weighted by Gasteiger charge is -2.16. The summed E-state index contributed by atoms with van der Waals surface area (Å²) in [7, 11) is 0.362. The lowest BCUT2D eigenvalue weighted by molar-refractivity contribution is 0.877. The van der Waals surface area contributed by atoms with Gasteiger partial charge in [-0.15, -0.1) is 36.7 Å². The van der Waals surface area contributed by atoms with Crippen molar-refractivity contribution < 1.29 is 0 Å². The molecule has 0 radical (unpaired) electrons. The fraction of sp³-hybridized carbons (Fsp3) is 1.00. The van der Waals surface area contributed by atoms with Crippen LogP contribution in [0, 0.1) is 0 Å². The first-order valence-corrected chi connectivity index (χ1v) is 12.2. The van der Waals surface area contributed by atoms with E-state index in [4.69, 9.17) is 0 Å². The van der Waals surface area contributed by atoms with E-state index in [0.29, 0.717) is 10.1 Å². The minimum absolute atomic E-state index is 0.362. The molecule has 0 spiro atoms. The molecule has 0 aromatic heterocycles. The second-order valence-corrected chi connectivity index (χ2v) is 19.7. The lowest BCUT2D eigenvalue weighted by atomic mass is 10.4. The van der Waals surface area contributed by atoms with E-state index in [1.54, 1.807) is 0 Å². The van der Waals surface area contributed by atoms with E-state index in [2.05, 4.69) is 50.6 Å². The van der Waals surface area contributed by atoms with Gasteiger partial charge in [-0.1, -0.05) is 26.7 Å². The molecule has 0 saturated carbocycles. The number of hydrogen-bond acceptors (Lipinski definition) is 0. The van der Waals surface area contributed by atoms with Gasteiger partial charge < -0.3 is 0 Å². The Morgan fingerprint density at radius 1 is 0.923 bits per heavy atom. The standard InChI is InChI=1S/C8H21PS4/c1-3-5-7-13(8-6-4-2)9(10,11)12/h10-12H,3-8H2,1-2H3. The third kappa shape index (κ3) is 7.72. The van der Waals surface area contributed by atoms with Crippen molar-refractivity contribution in [1.82, 2.24) is 0 Å². The summed E-state index contributed by atoms with van der Waals surface area (Å²) in [6.07, 6.45) is 5.14. The monoisotopic (exact) mass is 276 g/mol. The van der Waals surface area contributed by atoms with Gasteiger partial charge in [0.05, 0.1) is 3.64 Å². The molecule has 0 aliphatic carbocycles. The molecule has 0 N–H and O–H groups in total. The van der Waals surface area contributed by atoms with Crippen molar-refractivity contribution in [3.05, 3.63) is 0 Å². The SMILES string of the molecule is CCCCS(CCCC)=P(S)(S)S. The number of thiol groups is 3. The van der Waals surface area contributed by atoms with E-state index in [-0.39, 0.29) is 0 Å². The maximum atomic E-state index is 4.55. The molecule has 0 fully saturated rings. The van der Waals surface area contributed by atoms with Gasteiger partial charge >= 0.3 is 0 Å². The Kier molecular flexibility index (Phi) is 9.17. The topological polar surface area (TPSA) is 0 Å². The summed E-state index contributed by atoms with van der Waals surface area (Å²) in [5.41, 5.74) is 0. The Hall–Kier alpha value is 1.83. The highest BCUT2D eigenvalue weighted by molar-refractivity contribution is 9.17. The molecule has 0 amide bonds. The Morgan fingerprint density at radius 3 is 1.54 bits per heavy atom. The molecule has 0 bridgehead atoms. The third-order valence-electron chi connectivity index (χ3n) is 1.81. The molecule has 0 unspecified atom stereocenters. The fourth-order valence-electron chi connectivity index (χ4n) is 0.969. The maximum absolute atomic E-state index is 4.55. The molecule has 0 aliphatic rings. The molecule has 0 aromatic rings. The van der Waals surface area contributed by atoms with Gasteiger partial charge in [0.1, 0.15) is 0 Å². The first-order chi connectivity index (χ1) is 6.02. The summed E-state index contributed by atoms with van der Waals surface area (Å²) in [4.78, 5) is 0. The molecule has 0 saturated heterocycles. The molecular weight excluding hydrogens is 255 g/mol. The van der Waals surface area contributed by atoms with Crippen LogP contribution in [0.1, 0.15) is 39.5 Å². The molecule has 0 heterocycles. The molecule has 0 aromatic carbocycles. The third-order valence-corrected chi connectivity index (χ3v) is 13.4. The zero-order chi connectivity index (χ0) is 10.3. The van der Waals surface area contributed by atoms with Crippen LogP contribution in [0.3, 0.4) is 0 Å². The molecule has 0 rings (SSSR count). The summed E-state index contributed by atoms with van der Waals surface area (Å²) in [6.45, 7) is 4.47. The Labute approximate surface area is 101 Å². The smallest absolute Gasteiger partial charge is 0.0620 e. The van der Waals surface area contributed by atoms with E-state index in [1.165, 1.54) is 37.2 Å². The van der Waals surface area contributed by atoms with Crippen molar-refractivity contribution >= 4 is 50.5 Å². The van der Waals surface area contributed by atoms with E-state index in [9.17, 15) is 0 Å². The van der Waals surface area contributed by atoms with Gasteiger partial charge in [-0.3, -0.25) is 0 Å². The highest BCUT2D eigenvalue weighted by atomic mass is 33.5. The van der Waals surface area contributed by atoms with E-state index >= 15 is 0 Å². The minimum atomic E-state index is -1.47. The Morgan fingerprint density at radius 2 is 1.31 bits per heavy atom. The minimum Gasteiger partial charge on any atom is -0.163 e. The summed E-state index contributed by atoms with van der Waals surface area (Å²) in [6, 6.07) is 0. The summed E-state index contributed by atoms with van der Waals surface area (Å²) in [5.74, 6) is 2.56. The van der Waals surface area contributed by atoms with Crippen LogP contribution in [0.5, 0.6) is 0 Å². The van der Waals surface area contributed by atoms with Gasteiger partial charge in [0.15, 0.2) is 0 Å². The van der Waals surface area contributed by atoms with E-state index in [0.717, 1.165) is 0 Å². The van der Waals surface area contributed by atoms with Crippen molar-refractivity contribution in [2.24, 2.45) is 0 Å². The van der Waals surface area contributed by atoms with Gasteiger partial charge in [-0.05, 0) is 24.3 Å². The summed E-state index contributed by atoms with van der Waals surface area (Å²) < 4.78 is -1.47. The average Bonchev–Trinajstić information content (AvgIpc) is 2.02. The van der Waals surface area contributed by atoms with Crippen LogP contribution >= 0.6 is 40.4 Å². The molecule has 0 nitrogen and oxygen atoms in total. The Balaban J connectivity index is 4.21. The fourth-order valence-corrected chi connectivity index (χ4v) is 9.56. The van der Waals surface area contributed by atoms with Crippen molar-refractivity contribution in [1.29, 1.82) is 0 Å². The van der Waals surface area contributed by atoms with Crippen LogP contribution in [0.2, 0.25) is 0 Å². The highest BCUT2D eigenvalue weighted by Gasteiger charge is 2.07. The summed E-state index contributed by atoms with van der Waals surface area (Å²) >= 11 is 13.6. The molecule has 82 valence electrons. The van der Waals surface area contributed by atoms with Crippen LogP contribution in [0.25, 0.3) is 0 Å². The van der Waals surface area contributed by atoms with Gasteiger partial charge in [0.25, 0.3) is 0 Å².